The van der Waals surface area contributed by atoms with Gasteiger partial charge in [-0.1, -0.05) is 38.2 Å². The summed E-state index contributed by atoms with van der Waals surface area (Å²) in [5, 5.41) is 3.95. The van der Waals surface area contributed by atoms with Crippen molar-refractivity contribution >= 4 is 58.3 Å². The van der Waals surface area contributed by atoms with Crippen LogP contribution in [-0.4, -0.2) is 69.2 Å². The fraction of sp³-hybridized carbons (Fsp3) is 0.529. The van der Waals surface area contributed by atoms with E-state index in [0.717, 1.165) is 29.8 Å². The Morgan fingerprint density at radius 1 is 1.12 bits per heavy atom. The molecule has 3 aromatic rings. The molecule has 0 bridgehead atoms. The molecule has 14 heteroatoms. The number of amides is 2. The standard InChI is InChI=1S/C34H46N6O5S2Si/c1-20-31(23-16-24-18-39(21(2)22-12-13-22)32(42)30(24)26(17-23)47(43,44)35-6)46-33(36-20)38-27-10-9-11-28(37-27)40-25(14-15-29(40)41)19-45-48(7,8)34(3,4)5/h9-11,16-17,21-22,25,35H,12-15,18-19H2,1-8H3,(H,36,37,38)/t21-,25+/m0/s1. The third-order valence-electron chi connectivity index (χ3n) is 10.4. The van der Waals surface area contributed by atoms with E-state index in [2.05, 4.69) is 43.9 Å². The van der Waals surface area contributed by atoms with Crippen LogP contribution in [0.15, 0.2) is 35.2 Å². The van der Waals surface area contributed by atoms with Crippen molar-refractivity contribution in [3.05, 3.63) is 47.2 Å². The number of anilines is 3. The number of benzene rings is 1. The van der Waals surface area contributed by atoms with Crippen LogP contribution in [0, 0.1) is 12.8 Å². The topological polar surface area (TPSA) is 134 Å². The molecule has 11 nitrogen and oxygen atoms in total. The van der Waals surface area contributed by atoms with E-state index < -0.39 is 18.3 Å². The molecule has 1 saturated carbocycles. The Bertz CT molecular complexity index is 1870. The molecule has 0 unspecified atom stereocenters. The Morgan fingerprint density at radius 2 is 1.85 bits per heavy atom. The van der Waals surface area contributed by atoms with Gasteiger partial charge in [-0.3, -0.25) is 14.5 Å². The summed E-state index contributed by atoms with van der Waals surface area (Å²) in [6.45, 7) is 15.8. The number of nitrogens with one attached hydrogen (secondary N) is 2. The summed E-state index contributed by atoms with van der Waals surface area (Å²) in [4.78, 5) is 40.5. The summed E-state index contributed by atoms with van der Waals surface area (Å²) >= 11 is 1.38. The lowest BCUT2D eigenvalue weighted by Gasteiger charge is -2.37. The Kier molecular flexibility index (Phi) is 9.11. The van der Waals surface area contributed by atoms with Crippen LogP contribution in [0.2, 0.25) is 18.1 Å². The van der Waals surface area contributed by atoms with Gasteiger partial charge in [0, 0.05) is 19.0 Å². The van der Waals surface area contributed by atoms with Crippen molar-refractivity contribution in [2.45, 2.75) is 102 Å². The van der Waals surface area contributed by atoms with Gasteiger partial charge in [0.2, 0.25) is 15.9 Å². The molecule has 2 aromatic heterocycles. The minimum atomic E-state index is -3.92. The van der Waals surface area contributed by atoms with Crippen LogP contribution in [0.3, 0.4) is 0 Å². The van der Waals surface area contributed by atoms with Gasteiger partial charge in [-0.25, -0.2) is 23.1 Å². The molecule has 1 aromatic carbocycles. The van der Waals surface area contributed by atoms with Crippen LogP contribution in [0.25, 0.3) is 10.4 Å². The minimum absolute atomic E-state index is 0.00737. The van der Waals surface area contributed by atoms with Crippen molar-refractivity contribution in [3.63, 3.8) is 0 Å². The minimum Gasteiger partial charge on any atom is -0.415 e. The number of hydrogen-bond donors (Lipinski definition) is 2. The van der Waals surface area contributed by atoms with E-state index in [1.54, 1.807) is 15.9 Å². The van der Waals surface area contributed by atoms with E-state index in [0.29, 0.717) is 53.4 Å². The van der Waals surface area contributed by atoms with Gasteiger partial charge in [0.25, 0.3) is 5.91 Å². The fourth-order valence-corrected chi connectivity index (χ4v) is 9.24. The van der Waals surface area contributed by atoms with Crippen molar-refractivity contribution in [1.29, 1.82) is 0 Å². The van der Waals surface area contributed by atoms with Crippen LogP contribution in [0.4, 0.5) is 16.8 Å². The Balaban J connectivity index is 1.26. The van der Waals surface area contributed by atoms with Gasteiger partial charge in [-0.2, -0.15) is 0 Å². The highest BCUT2D eigenvalue weighted by Gasteiger charge is 2.42. The summed E-state index contributed by atoms with van der Waals surface area (Å²) in [5.74, 6) is 1.36. The zero-order valence-electron chi connectivity index (χ0n) is 29.0. The predicted octanol–water partition coefficient (Wildman–Crippen LogP) is 6.44. The maximum absolute atomic E-state index is 13.5. The number of rotatable bonds is 11. The molecule has 0 spiro atoms. The molecule has 48 heavy (non-hydrogen) atoms. The lowest BCUT2D eigenvalue weighted by Crippen LogP contribution is -2.45. The summed E-state index contributed by atoms with van der Waals surface area (Å²) in [6, 6.07) is 9.02. The molecule has 2 aliphatic heterocycles. The number of sulfonamides is 1. The number of aromatic nitrogens is 2. The largest absolute Gasteiger partial charge is 0.415 e. The predicted molar refractivity (Wildman–Crippen MR) is 192 cm³/mol. The molecule has 1 aliphatic carbocycles. The van der Waals surface area contributed by atoms with Crippen LogP contribution >= 0.6 is 11.3 Å². The highest BCUT2D eigenvalue weighted by molar-refractivity contribution is 7.89. The smallest absolute Gasteiger partial charge is 0.256 e. The van der Waals surface area contributed by atoms with Crippen LogP contribution in [0.1, 0.15) is 75.0 Å². The lowest BCUT2D eigenvalue weighted by molar-refractivity contribution is -0.117. The molecule has 0 radical (unpaired) electrons. The normalized spacial score (nSPS) is 19.3. The summed E-state index contributed by atoms with van der Waals surface area (Å²) < 4.78 is 35.3. The van der Waals surface area contributed by atoms with E-state index in [9.17, 15) is 18.0 Å². The highest BCUT2D eigenvalue weighted by Crippen LogP contribution is 2.43. The van der Waals surface area contributed by atoms with Crippen LogP contribution in [-0.2, 0) is 25.8 Å². The average molecular weight is 711 g/mol. The summed E-state index contributed by atoms with van der Waals surface area (Å²) in [6.07, 6.45) is 3.34. The van der Waals surface area contributed by atoms with E-state index >= 15 is 0 Å². The van der Waals surface area contributed by atoms with Crippen molar-refractivity contribution in [1.82, 2.24) is 19.6 Å². The molecule has 6 rings (SSSR count). The first-order chi connectivity index (χ1) is 22.5. The number of nitrogens with zero attached hydrogens (tertiary/aromatic N) is 4. The molecule has 2 amide bonds. The van der Waals surface area contributed by atoms with E-state index in [1.807, 2.05) is 38.1 Å². The molecule has 3 aliphatic rings. The molecular formula is C34H46N6O5S2Si. The second-order valence-corrected chi connectivity index (χ2v) is 22.4. The third-order valence-corrected chi connectivity index (χ3v) is 17.5. The number of carbonyl (C=O) groups excluding carboxylic acids is 2. The maximum Gasteiger partial charge on any atom is 0.256 e. The van der Waals surface area contributed by atoms with Gasteiger partial charge in [-0.05, 0) is 99.6 Å². The Morgan fingerprint density at radius 3 is 2.52 bits per heavy atom. The van der Waals surface area contributed by atoms with Crippen molar-refractivity contribution in [2.24, 2.45) is 5.92 Å². The van der Waals surface area contributed by atoms with Gasteiger partial charge in [0.15, 0.2) is 13.4 Å². The molecular weight excluding hydrogens is 665 g/mol. The molecule has 258 valence electrons. The number of hydrogen-bond acceptors (Lipinski definition) is 9. The molecule has 4 heterocycles. The molecule has 2 atom stereocenters. The molecule has 2 fully saturated rings. The van der Waals surface area contributed by atoms with E-state index in [-0.39, 0.29) is 39.4 Å². The van der Waals surface area contributed by atoms with Gasteiger partial charge < -0.3 is 14.6 Å². The van der Waals surface area contributed by atoms with Gasteiger partial charge in [0.1, 0.15) is 11.6 Å². The maximum atomic E-state index is 13.5. The highest BCUT2D eigenvalue weighted by atomic mass is 32.2. The van der Waals surface area contributed by atoms with Gasteiger partial charge in [0.05, 0.1) is 33.7 Å². The molecule has 2 N–H and O–H groups in total. The van der Waals surface area contributed by atoms with Crippen molar-refractivity contribution in [2.75, 3.05) is 23.9 Å². The zero-order valence-corrected chi connectivity index (χ0v) is 31.6. The SMILES string of the molecule is CNS(=O)(=O)c1cc(-c2sc(Nc3cccc(N4C(=O)CC[C@@H]4CO[Si](C)(C)C(C)(C)C)n3)nc2C)cc2c1C(=O)N([C@@H](C)C1CC1)C2. The van der Waals surface area contributed by atoms with Gasteiger partial charge in [-0.15, -0.1) is 0 Å². The number of thiazole rings is 1. The Labute approximate surface area is 288 Å². The zero-order chi connectivity index (χ0) is 34.8. The van der Waals surface area contributed by atoms with Crippen LogP contribution in [0.5, 0.6) is 0 Å². The first-order valence-corrected chi connectivity index (χ1v) is 21.8. The first-order valence-electron chi connectivity index (χ1n) is 16.6. The quantitative estimate of drug-likeness (QED) is 0.218. The lowest BCUT2D eigenvalue weighted by atomic mass is 10.0. The van der Waals surface area contributed by atoms with E-state index in [4.69, 9.17) is 14.4 Å². The number of fused-ring (bicyclic) bond motifs is 1. The second kappa shape index (κ2) is 12.6. The molecule has 1 saturated heterocycles. The van der Waals surface area contributed by atoms with Gasteiger partial charge >= 0.3 is 0 Å². The monoisotopic (exact) mass is 710 g/mol. The average Bonchev–Trinajstić information content (AvgIpc) is 3.61. The Hall–Kier alpha value is -3.17. The number of aryl methyl sites for hydroxylation is 1. The van der Waals surface area contributed by atoms with Crippen molar-refractivity contribution in [3.8, 4) is 10.4 Å². The fourth-order valence-electron chi connectivity index (χ4n) is 6.25. The number of pyridine rings is 1. The number of carbonyl (C=O) groups is 2. The van der Waals surface area contributed by atoms with E-state index in [1.165, 1.54) is 18.4 Å². The summed E-state index contributed by atoms with van der Waals surface area (Å²) in [7, 11) is -4.54. The van der Waals surface area contributed by atoms with Crippen LogP contribution < -0.4 is 14.9 Å². The second-order valence-electron chi connectivity index (χ2n) is 14.7. The third kappa shape index (κ3) is 6.57. The first kappa shape index (κ1) is 34.7. The van der Waals surface area contributed by atoms with Crippen molar-refractivity contribution < 1.29 is 22.4 Å². The summed E-state index contributed by atoms with van der Waals surface area (Å²) in [5.41, 5.74) is 2.37.